The normalized spacial score (nSPS) is 30.6. The number of alkyl carbamates (subject to hydrolysis) is 1. The number of aliphatic hydroxyl groups is 3. The molecule has 19 nitrogen and oxygen atoms in total. The topological polar surface area (TPSA) is 273 Å². The van der Waals surface area contributed by atoms with Crippen molar-refractivity contribution >= 4 is 22.4 Å². The van der Waals surface area contributed by atoms with Gasteiger partial charge in [0.05, 0.1) is 19.3 Å². The molecule has 4 unspecified atom stereocenters. The van der Waals surface area contributed by atoms with Crippen molar-refractivity contribution in [3.63, 3.8) is 0 Å². The molecule has 0 spiro atoms. The van der Waals surface area contributed by atoms with E-state index < -0.39 is 90.4 Å². The Morgan fingerprint density at radius 3 is 2.16 bits per heavy atom. The molecule has 20 heteroatoms. The van der Waals surface area contributed by atoms with Gasteiger partial charge in [-0.15, -0.1) is 0 Å². The number of hydrogen-bond donors (Lipinski definition) is 5. The van der Waals surface area contributed by atoms with Gasteiger partial charge in [0.25, 0.3) is 0 Å². The SMILES string of the molecule is CC(=O)NC1[C@@H](O[C@H]2C(C)OC(OCCNC(=O)OCC3c4ccccc4-c4ccccc43)[C@@H](OO[O-])[C@@H]2O)OC(COS(=O)(=O)[O-])[C@@H](O)[C@@H]1O. The van der Waals surface area contributed by atoms with Crippen LogP contribution < -0.4 is 15.9 Å². The van der Waals surface area contributed by atoms with Gasteiger partial charge in [0.1, 0.15) is 43.2 Å². The highest BCUT2D eigenvalue weighted by molar-refractivity contribution is 7.80. The van der Waals surface area contributed by atoms with Gasteiger partial charge in [-0.1, -0.05) is 48.5 Å². The Kier molecular flexibility index (Phi) is 12.9. The molecule has 1 aliphatic carbocycles. The predicted octanol–water partition coefficient (Wildman–Crippen LogP) is -1.95. The van der Waals surface area contributed by atoms with Gasteiger partial charge in [0, 0.05) is 19.4 Å². The number of amides is 2. The van der Waals surface area contributed by atoms with Crippen molar-refractivity contribution < 1.29 is 80.9 Å². The highest BCUT2D eigenvalue weighted by Gasteiger charge is 2.51. The highest BCUT2D eigenvalue weighted by atomic mass is 32.3. The molecule has 2 saturated heterocycles. The molecule has 3 aliphatic rings. The number of aliphatic hydroxyl groups excluding tert-OH is 3. The van der Waals surface area contributed by atoms with Crippen LogP contribution >= 0.6 is 0 Å². The van der Waals surface area contributed by atoms with Crippen LogP contribution in [0.1, 0.15) is 30.9 Å². The van der Waals surface area contributed by atoms with Crippen LogP contribution in [-0.4, -0.2) is 128 Å². The molecule has 0 aromatic heterocycles. The Bertz CT molecular complexity index is 1570. The van der Waals surface area contributed by atoms with Gasteiger partial charge in [-0.25, -0.2) is 18.1 Å². The number of benzene rings is 2. The second kappa shape index (κ2) is 17.0. The Hall–Kier alpha value is -3.35. The zero-order chi connectivity index (χ0) is 36.9. The van der Waals surface area contributed by atoms with E-state index in [-0.39, 0.29) is 25.7 Å². The van der Waals surface area contributed by atoms with Gasteiger partial charge < -0.3 is 59.4 Å². The maximum atomic E-state index is 12.5. The van der Waals surface area contributed by atoms with Crippen LogP contribution in [0, 0.1) is 0 Å². The zero-order valence-corrected chi connectivity index (χ0v) is 28.1. The Labute approximate surface area is 292 Å². The number of carbonyl (C=O) groups is 2. The number of nitrogens with one attached hydrogen (secondary N) is 2. The molecule has 2 aliphatic heterocycles. The summed E-state index contributed by atoms with van der Waals surface area (Å²) < 4.78 is 65.2. The number of rotatable bonds is 14. The van der Waals surface area contributed by atoms with Gasteiger partial charge in [-0.3, -0.25) is 14.0 Å². The fraction of sp³-hybridized carbons (Fsp3) is 0.548. The molecular weight excluding hydrogens is 704 g/mol. The van der Waals surface area contributed by atoms with E-state index in [2.05, 4.69) is 24.7 Å². The second-order valence-electron chi connectivity index (χ2n) is 12.0. The first-order valence-electron chi connectivity index (χ1n) is 15.8. The first kappa shape index (κ1) is 38.9. The molecule has 5 N–H and O–H groups in total. The van der Waals surface area contributed by atoms with Gasteiger partial charge in [0.2, 0.25) is 16.3 Å². The van der Waals surface area contributed by atoms with E-state index in [1.807, 2.05) is 48.5 Å². The zero-order valence-electron chi connectivity index (χ0n) is 27.3. The minimum atomic E-state index is -5.22. The molecule has 2 amide bonds. The van der Waals surface area contributed by atoms with Crippen LogP contribution in [0.15, 0.2) is 48.5 Å². The van der Waals surface area contributed by atoms with Crippen molar-refractivity contribution in [2.24, 2.45) is 0 Å². The van der Waals surface area contributed by atoms with Gasteiger partial charge in [-0.05, 0) is 29.2 Å². The van der Waals surface area contributed by atoms with Crippen LogP contribution in [0.25, 0.3) is 11.1 Å². The Morgan fingerprint density at radius 2 is 1.55 bits per heavy atom. The van der Waals surface area contributed by atoms with Crippen molar-refractivity contribution in [1.29, 1.82) is 0 Å². The van der Waals surface area contributed by atoms with Crippen molar-refractivity contribution in [3.8, 4) is 11.1 Å². The predicted molar refractivity (Wildman–Crippen MR) is 164 cm³/mol. The lowest BCUT2D eigenvalue weighted by Gasteiger charge is -2.47. The average Bonchev–Trinajstić information content (AvgIpc) is 3.41. The number of fused-ring (bicyclic) bond motifs is 3. The summed E-state index contributed by atoms with van der Waals surface area (Å²) in [5.41, 5.74) is 4.24. The number of ether oxygens (including phenoxy) is 5. The van der Waals surface area contributed by atoms with Gasteiger partial charge >= 0.3 is 6.09 Å². The summed E-state index contributed by atoms with van der Waals surface area (Å²) in [5.74, 6) is -0.831. The third-order valence-corrected chi connectivity index (χ3v) is 9.06. The van der Waals surface area contributed by atoms with Crippen molar-refractivity contribution in [2.75, 3.05) is 26.4 Å². The Morgan fingerprint density at radius 1 is 0.902 bits per heavy atom. The minimum Gasteiger partial charge on any atom is -0.726 e. The molecule has 0 saturated carbocycles. The van der Waals surface area contributed by atoms with Crippen molar-refractivity contribution in [2.45, 2.75) is 81.1 Å². The first-order chi connectivity index (χ1) is 24.3. The van der Waals surface area contributed by atoms with Gasteiger partial charge in [0.15, 0.2) is 18.7 Å². The molecule has 0 bridgehead atoms. The first-order valence-corrected chi connectivity index (χ1v) is 17.2. The molecule has 2 heterocycles. The summed E-state index contributed by atoms with van der Waals surface area (Å²) in [5, 5.41) is 51.6. The summed E-state index contributed by atoms with van der Waals surface area (Å²) >= 11 is 0. The molecule has 0 radical (unpaired) electrons. The number of carbonyl (C=O) groups excluding carboxylic acids is 2. The highest BCUT2D eigenvalue weighted by Crippen LogP contribution is 2.44. The van der Waals surface area contributed by atoms with Crippen LogP contribution in [-0.2, 0) is 53.0 Å². The van der Waals surface area contributed by atoms with Gasteiger partial charge in [-0.2, -0.15) is 0 Å². The largest absolute Gasteiger partial charge is 0.726 e. The summed E-state index contributed by atoms with van der Waals surface area (Å²) in [6.07, 6.45) is -15.1. The lowest BCUT2D eigenvalue weighted by atomic mass is 9.95. The average molecular weight is 743 g/mol. The summed E-state index contributed by atoms with van der Waals surface area (Å²) in [6, 6.07) is 14.3. The van der Waals surface area contributed by atoms with E-state index in [0.29, 0.717) is 0 Å². The van der Waals surface area contributed by atoms with E-state index in [9.17, 15) is 43.1 Å². The Balaban J connectivity index is 1.15. The molecule has 282 valence electrons. The summed E-state index contributed by atoms with van der Waals surface area (Å²) in [7, 11) is -5.22. The lowest BCUT2D eigenvalue weighted by Crippen LogP contribution is -2.67. The van der Waals surface area contributed by atoms with Crippen LogP contribution in [0.4, 0.5) is 4.79 Å². The van der Waals surface area contributed by atoms with Crippen LogP contribution in [0.5, 0.6) is 0 Å². The van der Waals surface area contributed by atoms with Crippen molar-refractivity contribution in [3.05, 3.63) is 59.7 Å². The third-order valence-electron chi connectivity index (χ3n) is 8.64. The van der Waals surface area contributed by atoms with E-state index in [1.54, 1.807) is 0 Å². The fourth-order valence-electron chi connectivity index (χ4n) is 6.32. The monoisotopic (exact) mass is 742 g/mol. The second-order valence-corrected chi connectivity index (χ2v) is 13.0. The molecule has 2 aromatic rings. The summed E-state index contributed by atoms with van der Waals surface area (Å²) in [4.78, 5) is 29.1. The molecule has 10 atom stereocenters. The fourth-order valence-corrected chi connectivity index (χ4v) is 6.62. The minimum absolute atomic E-state index is 0.0804. The van der Waals surface area contributed by atoms with E-state index in [0.717, 1.165) is 29.2 Å². The molecule has 51 heavy (non-hydrogen) atoms. The quantitative estimate of drug-likeness (QED) is 0.0463. The molecular formula is C31H38N2O17S-2. The van der Waals surface area contributed by atoms with E-state index >= 15 is 0 Å². The molecule has 2 aromatic carbocycles. The molecule has 2 fully saturated rings. The summed E-state index contributed by atoms with van der Waals surface area (Å²) in [6.45, 7) is 1.30. The van der Waals surface area contributed by atoms with Crippen LogP contribution in [0.2, 0.25) is 0 Å². The maximum absolute atomic E-state index is 12.5. The van der Waals surface area contributed by atoms with Crippen molar-refractivity contribution in [1.82, 2.24) is 10.6 Å². The maximum Gasteiger partial charge on any atom is 0.407 e. The number of hydrogen-bond acceptors (Lipinski definition) is 17. The lowest BCUT2D eigenvalue weighted by molar-refractivity contribution is -0.808. The standard InChI is InChI=1S/C31H40N2O17S/c1-15-27(48-29-23(33-16(2)34)25(36)24(35)22(47-29)14-45-51(40,41)42)26(37)28(49-50-39)30(46-15)43-12-11-32-31(38)44-13-21-19-9-5-3-7-17(19)18-8-4-6-10-20(18)21/h3-10,15,21-30,35-37,39H,11-14H2,1-2H3,(H,32,38)(H,33,34)(H,40,41,42)/p-2/t15?,22?,23?,24-,25-,26-,27+,28+,29-,30?/m1/s1. The van der Waals surface area contributed by atoms with Crippen LogP contribution in [0.3, 0.4) is 0 Å². The smallest absolute Gasteiger partial charge is 0.407 e. The third kappa shape index (κ3) is 9.37. The van der Waals surface area contributed by atoms with E-state index in [4.69, 9.17) is 23.7 Å². The molecule has 5 rings (SSSR count). The van der Waals surface area contributed by atoms with E-state index in [1.165, 1.54) is 6.92 Å².